The molecule has 5 rings (SSSR count). The van der Waals surface area contributed by atoms with Gasteiger partial charge in [0.05, 0.1) is 54.7 Å². The molecule has 2 amide bonds. The number of urea groups is 1. The number of nitrogens with zero attached hydrogens (tertiary/aromatic N) is 4. The van der Waals surface area contributed by atoms with Crippen molar-refractivity contribution in [2.45, 2.75) is 38.1 Å². The number of aromatic nitrogens is 3. The summed E-state index contributed by atoms with van der Waals surface area (Å²) in [6.07, 6.45) is 2.05. The van der Waals surface area contributed by atoms with E-state index in [2.05, 4.69) is 30.3 Å². The van der Waals surface area contributed by atoms with Gasteiger partial charge in [-0.05, 0) is 13.0 Å². The summed E-state index contributed by atoms with van der Waals surface area (Å²) in [6, 6.07) is 3.70. The number of fused-ring (bicyclic) bond motifs is 4. The quantitative estimate of drug-likeness (QED) is 0.440. The first kappa shape index (κ1) is 23.4. The molecule has 14 heteroatoms. The minimum Gasteiger partial charge on any atom is -0.422 e. The fourth-order valence-electron chi connectivity index (χ4n) is 4.04. The number of aliphatic hydroxyl groups excluding tert-OH is 1. The smallest absolute Gasteiger partial charge is 0.388 e. The van der Waals surface area contributed by atoms with Crippen molar-refractivity contribution in [2.24, 2.45) is 0 Å². The van der Waals surface area contributed by atoms with E-state index in [-0.39, 0.29) is 30.6 Å². The number of pyridine rings is 1. The molecule has 35 heavy (non-hydrogen) atoms. The third-order valence-corrected chi connectivity index (χ3v) is 6.66. The van der Waals surface area contributed by atoms with E-state index in [1.165, 1.54) is 23.6 Å². The van der Waals surface area contributed by atoms with Crippen LogP contribution < -0.4 is 20.3 Å². The van der Waals surface area contributed by atoms with Crippen LogP contribution in [0.3, 0.4) is 0 Å². The lowest BCUT2D eigenvalue weighted by atomic mass is 9.97. The molecule has 0 radical (unpaired) electrons. The van der Waals surface area contributed by atoms with Gasteiger partial charge in [-0.3, -0.25) is 5.32 Å². The first-order chi connectivity index (χ1) is 16.9. The van der Waals surface area contributed by atoms with E-state index in [9.17, 15) is 13.6 Å². The highest BCUT2D eigenvalue weighted by Gasteiger charge is 2.42. The van der Waals surface area contributed by atoms with Crippen LogP contribution in [-0.4, -0.2) is 64.6 Å². The Morgan fingerprint density at radius 2 is 2.23 bits per heavy atom. The van der Waals surface area contributed by atoms with E-state index < -0.39 is 12.6 Å². The summed E-state index contributed by atoms with van der Waals surface area (Å²) in [4.78, 5) is 28.2. The number of nitrogens with one attached hydrogen (secondary N) is 2. The number of aliphatic hydroxyl groups is 1. The standard InChI is InChI=1S/C21H22F2N6O5S/c1-10(7-30)25-19(31)28-20-27-13-5-11-8-32-9-14(17(13)35-20)29(11)21-24-6-15(33-21)12-3-2-4-16(26-12)34-18(22)23/h2-4,6,10-11,14,18,30H,5,7-9H2,1H3,(H2,25,27,28,31)/t10-,11+,14+/m1/s1. The molecule has 5 heterocycles. The number of oxazole rings is 1. The number of anilines is 2. The fraction of sp³-hybridized carbons (Fsp3) is 0.429. The molecule has 0 unspecified atom stereocenters. The van der Waals surface area contributed by atoms with Crippen LogP contribution >= 0.6 is 11.3 Å². The lowest BCUT2D eigenvalue weighted by molar-refractivity contribution is -0.0527. The lowest BCUT2D eigenvalue weighted by Crippen LogP contribution is -2.51. The van der Waals surface area contributed by atoms with E-state index in [4.69, 9.17) is 14.3 Å². The number of alkyl halides is 2. The van der Waals surface area contributed by atoms with Crippen molar-refractivity contribution >= 4 is 28.5 Å². The van der Waals surface area contributed by atoms with Crippen LogP contribution in [0.2, 0.25) is 0 Å². The Bertz CT molecular complexity index is 1210. The second kappa shape index (κ2) is 9.71. The number of halogens is 2. The highest BCUT2D eigenvalue weighted by Crippen LogP contribution is 2.43. The molecule has 11 nitrogen and oxygen atoms in total. The summed E-state index contributed by atoms with van der Waals surface area (Å²) >= 11 is 1.34. The van der Waals surface area contributed by atoms with Crippen LogP contribution in [0, 0.1) is 0 Å². The van der Waals surface area contributed by atoms with E-state index in [0.29, 0.717) is 42.2 Å². The van der Waals surface area contributed by atoms with Gasteiger partial charge in [-0.25, -0.2) is 19.7 Å². The second-order valence-corrected chi connectivity index (χ2v) is 9.11. The summed E-state index contributed by atoms with van der Waals surface area (Å²) in [5.74, 6) is 0.0938. The molecule has 3 aromatic heterocycles. The van der Waals surface area contributed by atoms with Crippen molar-refractivity contribution in [2.75, 3.05) is 30.0 Å². The Hall–Kier alpha value is -3.36. The van der Waals surface area contributed by atoms with Gasteiger partial charge >= 0.3 is 12.6 Å². The average Bonchev–Trinajstić information content (AvgIpc) is 3.45. The van der Waals surface area contributed by atoms with Crippen molar-refractivity contribution in [3.8, 4) is 17.3 Å². The Morgan fingerprint density at radius 3 is 3.03 bits per heavy atom. The Labute approximate surface area is 202 Å². The largest absolute Gasteiger partial charge is 0.422 e. The minimum atomic E-state index is -2.98. The van der Waals surface area contributed by atoms with E-state index >= 15 is 0 Å². The normalized spacial score (nSPS) is 19.9. The topological polar surface area (TPSA) is 135 Å². The Kier molecular flexibility index (Phi) is 6.49. The Morgan fingerprint density at radius 1 is 1.37 bits per heavy atom. The molecule has 1 saturated heterocycles. The van der Waals surface area contributed by atoms with Crippen molar-refractivity contribution in [3.63, 3.8) is 0 Å². The number of hydrogen-bond acceptors (Lipinski definition) is 10. The molecular weight excluding hydrogens is 486 g/mol. The first-order valence-electron chi connectivity index (χ1n) is 10.8. The predicted octanol–water partition coefficient (Wildman–Crippen LogP) is 2.80. The summed E-state index contributed by atoms with van der Waals surface area (Å²) in [6.45, 7) is -0.639. The van der Waals surface area contributed by atoms with Crippen molar-refractivity contribution < 1.29 is 32.6 Å². The lowest BCUT2D eigenvalue weighted by Gasteiger charge is -2.43. The minimum absolute atomic E-state index is 0.0904. The maximum absolute atomic E-state index is 12.5. The van der Waals surface area contributed by atoms with Crippen molar-refractivity contribution in [3.05, 3.63) is 35.0 Å². The number of ether oxygens (including phenoxy) is 2. The molecular formula is C21H22F2N6O5S. The molecule has 1 fully saturated rings. The number of morpholine rings is 1. The fourth-order valence-corrected chi connectivity index (χ4v) is 5.11. The number of amides is 2. The van der Waals surface area contributed by atoms with Gasteiger partial charge < -0.3 is 29.2 Å². The molecule has 2 aliphatic heterocycles. The highest BCUT2D eigenvalue weighted by atomic mass is 32.1. The van der Waals surface area contributed by atoms with E-state index in [1.807, 2.05) is 4.90 Å². The zero-order valence-corrected chi connectivity index (χ0v) is 19.3. The van der Waals surface area contributed by atoms with Crippen LogP contribution in [0.4, 0.5) is 24.7 Å². The maximum Gasteiger partial charge on any atom is 0.388 e. The summed E-state index contributed by atoms with van der Waals surface area (Å²) < 4.78 is 41.2. The van der Waals surface area contributed by atoms with Crippen molar-refractivity contribution in [1.29, 1.82) is 0 Å². The van der Waals surface area contributed by atoms with Crippen molar-refractivity contribution in [1.82, 2.24) is 20.3 Å². The van der Waals surface area contributed by atoms with Crippen LogP contribution in [-0.2, 0) is 11.2 Å². The third-order valence-electron chi connectivity index (χ3n) is 5.55. The van der Waals surface area contributed by atoms with Gasteiger partial charge in [-0.1, -0.05) is 17.4 Å². The molecule has 3 atom stereocenters. The summed E-state index contributed by atoms with van der Waals surface area (Å²) in [7, 11) is 0. The zero-order chi connectivity index (χ0) is 24.5. The average molecular weight is 509 g/mol. The summed E-state index contributed by atoms with van der Waals surface area (Å²) in [5.41, 5.74) is 1.19. The van der Waals surface area contributed by atoms with Gasteiger partial charge in [0, 0.05) is 12.5 Å². The molecule has 3 aromatic rings. The monoisotopic (exact) mass is 508 g/mol. The van der Waals surface area contributed by atoms with E-state index in [1.54, 1.807) is 19.1 Å². The number of thiazole rings is 1. The molecule has 3 N–H and O–H groups in total. The summed E-state index contributed by atoms with van der Waals surface area (Å²) in [5, 5.41) is 14.9. The van der Waals surface area contributed by atoms with E-state index in [0.717, 1.165) is 10.6 Å². The molecule has 186 valence electrons. The molecule has 0 aliphatic carbocycles. The first-order valence-corrected chi connectivity index (χ1v) is 11.6. The predicted molar refractivity (Wildman–Crippen MR) is 121 cm³/mol. The molecule has 2 aliphatic rings. The molecule has 0 spiro atoms. The van der Waals surface area contributed by atoms with Gasteiger partial charge in [0.2, 0.25) is 5.88 Å². The van der Waals surface area contributed by atoms with Gasteiger partial charge in [-0.15, -0.1) is 0 Å². The Balaban J connectivity index is 1.37. The number of carbonyl (C=O) groups excluding carboxylic acids is 1. The van der Waals surface area contributed by atoms with Gasteiger partial charge in [0.25, 0.3) is 6.01 Å². The number of hydrogen-bond donors (Lipinski definition) is 3. The highest BCUT2D eigenvalue weighted by molar-refractivity contribution is 7.16. The number of rotatable bonds is 7. The van der Waals surface area contributed by atoms with Gasteiger partial charge in [0.15, 0.2) is 10.9 Å². The molecule has 0 aromatic carbocycles. The van der Waals surface area contributed by atoms with Gasteiger partial charge in [-0.2, -0.15) is 8.78 Å². The molecule has 2 bridgehead atoms. The van der Waals surface area contributed by atoms with Crippen LogP contribution in [0.25, 0.3) is 11.5 Å². The number of carbonyl (C=O) groups is 1. The van der Waals surface area contributed by atoms with Crippen LogP contribution in [0.15, 0.2) is 28.8 Å². The second-order valence-electron chi connectivity index (χ2n) is 8.08. The van der Waals surface area contributed by atoms with Crippen LogP contribution in [0.1, 0.15) is 23.5 Å². The molecule has 0 saturated carbocycles. The zero-order valence-electron chi connectivity index (χ0n) is 18.5. The maximum atomic E-state index is 12.5. The SMILES string of the molecule is C[C@H](CO)NC(=O)Nc1nc2c(s1)[C@@H]1COC[C@H](C2)N1c1ncc(-c2cccc(OC(F)F)n2)o1. The van der Waals surface area contributed by atoms with Crippen LogP contribution in [0.5, 0.6) is 5.88 Å². The van der Waals surface area contributed by atoms with Gasteiger partial charge in [0.1, 0.15) is 5.69 Å². The third kappa shape index (κ3) is 4.90.